The minimum absolute atomic E-state index is 0.356. The average molecular weight is 241 g/mol. The van der Waals surface area contributed by atoms with E-state index in [-0.39, 0.29) is 0 Å². The molecule has 1 rings (SSSR count). The largest absolute Gasteiger partial charge is 0.0922 e. The first-order valence-corrected chi connectivity index (χ1v) is 5.77. The molecule has 0 unspecified atom stereocenters. The molecule has 0 spiro atoms. The Balaban J connectivity index is 2.69. The van der Waals surface area contributed by atoms with Gasteiger partial charge in [-0.05, 0) is 24.3 Å². The number of rotatable bonds is 3. The van der Waals surface area contributed by atoms with Gasteiger partial charge < -0.3 is 0 Å². The Morgan fingerprint density at radius 3 is 2.15 bits per heavy atom. The van der Waals surface area contributed by atoms with Crippen LogP contribution in [-0.4, -0.2) is 5.33 Å². The van der Waals surface area contributed by atoms with E-state index in [0.29, 0.717) is 5.41 Å². The molecule has 0 radical (unpaired) electrons. The SMILES string of the molecule is Cc1ccc(CC(C)(C)CBr)cc1. The third kappa shape index (κ3) is 3.51. The Bertz CT molecular complexity index is 259. The second-order valence-electron chi connectivity index (χ2n) is 4.46. The summed E-state index contributed by atoms with van der Waals surface area (Å²) in [4.78, 5) is 0. The maximum atomic E-state index is 3.54. The Labute approximate surface area is 89.5 Å². The van der Waals surface area contributed by atoms with Gasteiger partial charge in [-0.2, -0.15) is 0 Å². The summed E-state index contributed by atoms with van der Waals surface area (Å²) in [5.41, 5.74) is 3.12. The summed E-state index contributed by atoms with van der Waals surface area (Å²) < 4.78 is 0. The van der Waals surface area contributed by atoms with Crippen molar-refractivity contribution in [3.8, 4) is 0 Å². The summed E-state index contributed by atoms with van der Waals surface area (Å²) >= 11 is 3.54. The van der Waals surface area contributed by atoms with E-state index >= 15 is 0 Å². The van der Waals surface area contributed by atoms with Crippen LogP contribution < -0.4 is 0 Å². The average Bonchev–Trinajstić information content (AvgIpc) is 2.09. The number of halogens is 1. The van der Waals surface area contributed by atoms with Gasteiger partial charge in [-0.3, -0.25) is 0 Å². The van der Waals surface area contributed by atoms with Crippen LogP contribution in [0.3, 0.4) is 0 Å². The van der Waals surface area contributed by atoms with Crippen LogP contribution in [0.2, 0.25) is 0 Å². The lowest BCUT2D eigenvalue weighted by atomic mass is 9.88. The van der Waals surface area contributed by atoms with Crippen molar-refractivity contribution in [2.45, 2.75) is 27.2 Å². The topological polar surface area (TPSA) is 0 Å². The van der Waals surface area contributed by atoms with E-state index in [2.05, 4.69) is 61.0 Å². The lowest BCUT2D eigenvalue weighted by Crippen LogP contribution is -2.16. The van der Waals surface area contributed by atoms with Gasteiger partial charge in [-0.15, -0.1) is 0 Å². The van der Waals surface area contributed by atoms with E-state index in [1.165, 1.54) is 11.1 Å². The summed E-state index contributed by atoms with van der Waals surface area (Å²) in [7, 11) is 0. The van der Waals surface area contributed by atoms with Crippen molar-refractivity contribution in [3.05, 3.63) is 35.4 Å². The summed E-state index contributed by atoms with van der Waals surface area (Å²) in [6, 6.07) is 8.80. The van der Waals surface area contributed by atoms with E-state index in [1.807, 2.05) is 0 Å². The van der Waals surface area contributed by atoms with Crippen LogP contribution >= 0.6 is 15.9 Å². The molecule has 0 atom stereocenters. The molecular weight excluding hydrogens is 224 g/mol. The lowest BCUT2D eigenvalue weighted by molar-refractivity contribution is 0.425. The molecule has 72 valence electrons. The van der Waals surface area contributed by atoms with Crippen molar-refractivity contribution >= 4 is 15.9 Å². The highest BCUT2D eigenvalue weighted by molar-refractivity contribution is 9.09. The highest BCUT2D eigenvalue weighted by atomic mass is 79.9. The number of benzene rings is 1. The molecule has 0 aliphatic heterocycles. The highest BCUT2D eigenvalue weighted by Crippen LogP contribution is 2.23. The molecule has 13 heavy (non-hydrogen) atoms. The minimum atomic E-state index is 0.356. The highest BCUT2D eigenvalue weighted by Gasteiger charge is 2.16. The maximum Gasteiger partial charge on any atom is 0.00858 e. The van der Waals surface area contributed by atoms with E-state index in [9.17, 15) is 0 Å². The third-order valence-corrected chi connectivity index (χ3v) is 3.68. The van der Waals surface area contributed by atoms with Crippen LogP contribution in [0.15, 0.2) is 24.3 Å². The second-order valence-corrected chi connectivity index (χ2v) is 5.02. The summed E-state index contributed by atoms with van der Waals surface area (Å²) in [6.07, 6.45) is 1.14. The van der Waals surface area contributed by atoms with Gasteiger partial charge in [0.1, 0.15) is 0 Å². The number of hydrogen-bond donors (Lipinski definition) is 0. The van der Waals surface area contributed by atoms with Crippen LogP contribution in [0, 0.1) is 12.3 Å². The zero-order valence-corrected chi connectivity index (χ0v) is 10.2. The number of aryl methyl sites for hydroxylation is 1. The molecule has 0 saturated heterocycles. The molecule has 0 N–H and O–H groups in total. The zero-order chi connectivity index (χ0) is 9.90. The predicted octanol–water partition coefficient (Wildman–Crippen LogP) is 3.96. The fourth-order valence-corrected chi connectivity index (χ4v) is 1.50. The van der Waals surface area contributed by atoms with Crippen LogP contribution in [-0.2, 0) is 6.42 Å². The molecule has 0 saturated carbocycles. The fraction of sp³-hybridized carbons (Fsp3) is 0.500. The first kappa shape index (κ1) is 10.8. The molecule has 1 heteroatoms. The van der Waals surface area contributed by atoms with Crippen molar-refractivity contribution in [1.29, 1.82) is 0 Å². The number of hydrogen-bond acceptors (Lipinski definition) is 0. The molecule has 0 amide bonds. The van der Waals surface area contributed by atoms with Crippen molar-refractivity contribution < 1.29 is 0 Å². The standard InChI is InChI=1S/C12H17Br/c1-10-4-6-11(7-5-10)8-12(2,3)9-13/h4-7H,8-9H2,1-3H3. The van der Waals surface area contributed by atoms with Crippen molar-refractivity contribution in [1.82, 2.24) is 0 Å². The quantitative estimate of drug-likeness (QED) is 0.702. The van der Waals surface area contributed by atoms with Gasteiger partial charge in [-0.25, -0.2) is 0 Å². The summed E-state index contributed by atoms with van der Waals surface area (Å²) in [5.74, 6) is 0. The fourth-order valence-electron chi connectivity index (χ4n) is 1.31. The molecule has 0 bridgehead atoms. The monoisotopic (exact) mass is 240 g/mol. The molecule has 0 aliphatic rings. The van der Waals surface area contributed by atoms with Gasteiger partial charge in [-0.1, -0.05) is 59.6 Å². The Morgan fingerprint density at radius 1 is 1.15 bits per heavy atom. The van der Waals surface area contributed by atoms with Crippen molar-refractivity contribution in [2.75, 3.05) is 5.33 Å². The van der Waals surface area contributed by atoms with E-state index < -0.39 is 0 Å². The smallest absolute Gasteiger partial charge is 0.00858 e. The van der Waals surface area contributed by atoms with E-state index in [0.717, 1.165) is 11.8 Å². The van der Waals surface area contributed by atoms with E-state index in [1.54, 1.807) is 0 Å². The molecular formula is C12H17Br. The molecule has 0 aliphatic carbocycles. The van der Waals surface area contributed by atoms with Crippen LogP contribution in [0.5, 0.6) is 0 Å². The van der Waals surface area contributed by atoms with Crippen LogP contribution in [0.25, 0.3) is 0 Å². The predicted molar refractivity (Wildman–Crippen MR) is 62.5 cm³/mol. The summed E-state index contributed by atoms with van der Waals surface area (Å²) in [6.45, 7) is 6.68. The number of alkyl halides is 1. The maximum absolute atomic E-state index is 3.54. The minimum Gasteiger partial charge on any atom is -0.0922 e. The van der Waals surface area contributed by atoms with Crippen LogP contribution in [0.1, 0.15) is 25.0 Å². The van der Waals surface area contributed by atoms with Gasteiger partial charge >= 0.3 is 0 Å². The molecule has 0 aromatic heterocycles. The normalized spacial score (nSPS) is 11.7. The Hall–Kier alpha value is -0.300. The van der Waals surface area contributed by atoms with Crippen LogP contribution in [0.4, 0.5) is 0 Å². The van der Waals surface area contributed by atoms with Gasteiger partial charge in [0.25, 0.3) is 0 Å². The van der Waals surface area contributed by atoms with Crippen molar-refractivity contribution in [3.63, 3.8) is 0 Å². The summed E-state index contributed by atoms with van der Waals surface area (Å²) in [5, 5.41) is 1.05. The van der Waals surface area contributed by atoms with E-state index in [4.69, 9.17) is 0 Å². The Morgan fingerprint density at radius 2 is 1.69 bits per heavy atom. The first-order chi connectivity index (χ1) is 6.03. The van der Waals surface area contributed by atoms with Gasteiger partial charge in [0.15, 0.2) is 0 Å². The molecule has 1 aromatic carbocycles. The van der Waals surface area contributed by atoms with Gasteiger partial charge in [0, 0.05) is 5.33 Å². The lowest BCUT2D eigenvalue weighted by Gasteiger charge is -2.21. The third-order valence-electron chi connectivity index (χ3n) is 2.17. The second kappa shape index (κ2) is 4.28. The zero-order valence-electron chi connectivity index (χ0n) is 8.60. The molecule has 0 heterocycles. The Kier molecular flexibility index (Phi) is 3.55. The molecule has 0 fully saturated rings. The molecule has 0 nitrogen and oxygen atoms in total. The van der Waals surface area contributed by atoms with Gasteiger partial charge in [0.05, 0.1) is 0 Å². The van der Waals surface area contributed by atoms with Crippen molar-refractivity contribution in [2.24, 2.45) is 5.41 Å². The first-order valence-electron chi connectivity index (χ1n) is 4.65. The molecule has 1 aromatic rings. The van der Waals surface area contributed by atoms with Gasteiger partial charge in [0.2, 0.25) is 0 Å².